The number of hydrogen-bond donors (Lipinski definition) is 1. The van der Waals surface area contributed by atoms with Crippen LogP contribution < -0.4 is 0 Å². The van der Waals surface area contributed by atoms with Gasteiger partial charge < -0.3 is 5.11 Å². The third-order valence-corrected chi connectivity index (χ3v) is 4.53. The maximum absolute atomic E-state index is 11.6. The normalized spacial score (nSPS) is 17.6. The Morgan fingerprint density at radius 1 is 1.40 bits per heavy atom. The minimum atomic E-state index is -0.674. The van der Waals surface area contributed by atoms with Crippen molar-refractivity contribution >= 4 is 16.9 Å². The van der Waals surface area contributed by atoms with Crippen molar-refractivity contribution in [2.75, 3.05) is 0 Å². The van der Waals surface area contributed by atoms with E-state index < -0.39 is 5.97 Å². The molecule has 4 heteroatoms. The average molecular weight is 272 g/mol. The van der Waals surface area contributed by atoms with Crippen LogP contribution in [0.1, 0.15) is 31.4 Å². The predicted molar refractivity (Wildman–Crippen MR) is 77.5 cm³/mol. The number of para-hydroxylation sites is 1. The lowest BCUT2D eigenvalue weighted by Gasteiger charge is -2.18. The first-order valence-electron chi connectivity index (χ1n) is 7.30. The summed E-state index contributed by atoms with van der Waals surface area (Å²) in [7, 11) is 1.91. The number of hydrogen-bond acceptors (Lipinski definition) is 2. The summed E-state index contributed by atoms with van der Waals surface area (Å²) in [6.07, 6.45) is 4.96. The highest BCUT2D eigenvalue weighted by Crippen LogP contribution is 2.34. The van der Waals surface area contributed by atoms with E-state index in [0.29, 0.717) is 12.3 Å². The zero-order valence-electron chi connectivity index (χ0n) is 11.7. The zero-order valence-corrected chi connectivity index (χ0v) is 11.7. The topological polar surface area (TPSA) is 55.1 Å². The number of aliphatic carboxylic acids is 1. The molecule has 1 atom stereocenters. The van der Waals surface area contributed by atoms with Crippen LogP contribution in [-0.4, -0.2) is 20.9 Å². The molecule has 20 heavy (non-hydrogen) atoms. The molecule has 1 N–H and O–H groups in total. The number of benzene rings is 1. The molecule has 0 spiro atoms. The van der Waals surface area contributed by atoms with Gasteiger partial charge in [0.1, 0.15) is 0 Å². The van der Waals surface area contributed by atoms with Crippen molar-refractivity contribution < 1.29 is 9.90 Å². The molecule has 1 aromatic carbocycles. The van der Waals surface area contributed by atoms with Crippen LogP contribution >= 0.6 is 0 Å². The van der Waals surface area contributed by atoms with Gasteiger partial charge in [-0.1, -0.05) is 31.0 Å². The first kappa shape index (κ1) is 13.2. The van der Waals surface area contributed by atoms with E-state index in [1.807, 2.05) is 36.0 Å². The third-order valence-electron chi connectivity index (χ3n) is 4.53. The number of aryl methyl sites for hydroxylation is 1. The third kappa shape index (κ3) is 2.30. The van der Waals surface area contributed by atoms with Gasteiger partial charge >= 0.3 is 5.97 Å². The van der Waals surface area contributed by atoms with Crippen LogP contribution in [0.2, 0.25) is 0 Å². The molecule has 4 nitrogen and oxygen atoms in total. The molecule has 1 unspecified atom stereocenters. The number of carboxylic acid groups (broad SMARTS) is 1. The Kier molecular flexibility index (Phi) is 3.47. The molecule has 1 heterocycles. The Hall–Kier alpha value is -1.84. The van der Waals surface area contributed by atoms with Gasteiger partial charge in [0.05, 0.1) is 17.1 Å². The summed E-state index contributed by atoms with van der Waals surface area (Å²) in [5.74, 6) is -0.657. The summed E-state index contributed by atoms with van der Waals surface area (Å²) < 4.78 is 1.85. The minimum Gasteiger partial charge on any atom is -0.481 e. The SMILES string of the molecule is Cn1nc(CC(C(=O)O)C2CCCC2)c2ccccc21. The second-order valence-corrected chi connectivity index (χ2v) is 5.78. The van der Waals surface area contributed by atoms with Gasteiger partial charge in [-0.2, -0.15) is 5.10 Å². The molecule has 0 amide bonds. The highest BCUT2D eigenvalue weighted by Gasteiger charge is 2.31. The first-order valence-corrected chi connectivity index (χ1v) is 7.30. The minimum absolute atomic E-state index is 0.296. The fourth-order valence-corrected chi connectivity index (χ4v) is 3.46. The Balaban J connectivity index is 1.92. The van der Waals surface area contributed by atoms with Crippen LogP contribution in [0.15, 0.2) is 24.3 Å². The van der Waals surface area contributed by atoms with Gasteiger partial charge in [-0.3, -0.25) is 9.48 Å². The van der Waals surface area contributed by atoms with Gasteiger partial charge in [-0.05, 0) is 24.8 Å². The number of rotatable bonds is 4. The van der Waals surface area contributed by atoms with Crippen LogP contribution in [0.5, 0.6) is 0 Å². The largest absolute Gasteiger partial charge is 0.481 e. The van der Waals surface area contributed by atoms with Crippen molar-refractivity contribution in [1.82, 2.24) is 9.78 Å². The van der Waals surface area contributed by atoms with Gasteiger partial charge in [-0.15, -0.1) is 0 Å². The lowest BCUT2D eigenvalue weighted by Crippen LogP contribution is -2.24. The summed E-state index contributed by atoms with van der Waals surface area (Å²) in [5.41, 5.74) is 1.99. The second-order valence-electron chi connectivity index (χ2n) is 5.78. The van der Waals surface area contributed by atoms with Crippen LogP contribution in [0.4, 0.5) is 0 Å². The van der Waals surface area contributed by atoms with Crippen LogP contribution in [0.3, 0.4) is 0 Å². The quantitative estimate of drug-likeness (QED) is 0.930. The summed E-state index contributed by atoms with van der Waals surface area (Å²) in [6.45, 7) is 0. The van der Waals surface area contributed by atoms with E-state index in [2.05, 4.69) is 5.10 Å². The van der Waals surface area contributed by atoms with Crippen LogP contribution in [0, 0.1) is 11.8 Å². The molecule has 1 aromatic heterocycles. The van der Waals surface area contributed by atoms with Gasteiger partial charge in [0.2, 0.25) is 0 Å². The van der Waals surface area contributed by atoms with Crippen molar-refractivity contribution in [2.45, 2.75) is 32.1 Å². The second kappa shape index (κ2) is 5.27. The number of nitrogens with zero attached hydrogens (tertiary/aromatic N) is 2. The van der Waals surface area contributed by atoms with Crippen molar-refractivity contribution in [1.29, 1.82) is 0 Å². The van der Waals surface area contributed by atoms with Crippen LogP contribution in [-0.2, 0) is 18.3 Å². The number of carbonyl (C=O) groups is 1. The Bertz CT molecular complexity index is 626. The van der Waals surface area contributed by atoms with Crippen molar-refractivity contribution in [3.63, 3.8) is 0 Å². The average Bonchev–Trinajstić information content (AvgIpc) is 3.05. The van der Waals surface area contributed by atoms with E-state index >= 15 is 0 Å². The lowest BCUT2D eigenvalue weighted by atomic mass is 9.86. The molecular weight excluding hydrogens is 252 g/mol. The van der Waals surface area contributed by atoms with E-state index in [9.17, 15) is 9.90 Å². The number of aromatic nitrogens is 2. The summed E-state index contributed by atoms with van der Waals surface area (Å²) >= 11 is 0. The summed E-state index contributed by atoms with van der Waals surface area (Å²) in [5, 5.41) is 15.2. The monoisotopic (exact) mass is 272 g/mol. The molecule has 2 aromatic rings. The molecule has 1 saturated carbocycles. The molecule has 1 aliphatic rings. The highest BCUT2D eigenvalue weighted by molar-refractivity contribution is 5.82. The van der Waals surface area contributed by atoms with Gasteiger partial charge in [-0.25, -0.2) is 0 Å². The van der Waals surface area contributed by atoms with Crippen molar-refractivity contribution in [3.05, 3.63) is 30.0 Å². The molecule has 0 radical (unpaired) electrons. The Labute approximate surface area is 118 Å². The fraction of sp³-hybridized carbons (Fsp3) is 0.500. The molecular formula is C16H20N2O2. The smallest absolute Gasteiger partial charge is 0.307 e. The summed E-state index contributed by atoms with van der Waals surface area (Å²) in [4.78, 5) is 11.6. The van der Waals surface area contributed by atoms with E-state index in [1.54, 1.807) is 0 Å². The van der Waals surface area contributed by atoms with Gasteiger partial charge in [0, 0.05) is 18.9 Å². The maximum Gasteiger partial charge on any atom is 0.307 e. The van der Waals surface area contributed by atoms with Gasteiger partial charge in [0.25, 0.3) is 0 Å². The highest BCUT2D eigenvalue weighted by atomic mass is 16.4. The first-order chi connectivity index (χ1) is 9.66. The molecule has 0 aliphatic heterocycles. The number of carboxylic acids is 1. The van der Waals surface area contributed by atoms with E-state index in [-0.39, 0.29) is 5.92 Å². The maximum atomic E-state index is 11.6. The zero-order chi connectivity index (χ0) is 14.1. The predicted octanol–water partition coefficient (Wildman–Crippen LogP) is 3.01. The van der Waals surface area contributed by atoms with Crippen LogP contribution in [0.25, 0.3) is 10.9 Å². The lowest BCUT2D eigenvalue weighted by molar-refractivity contribution is -0.143. The van der Waals surface area contributed by atoms with Crippen molar-refractivity contribution in [3.8, 4) is 0 Å². The molecule has 1 aliphatic carbocycles. The van der Waals surface area contributed by atoms with E-state index in [0.717, 1.165) is 42.3 Å². The molecule has 3 rings (SSSR count). The molecule has 0 saturated heterocycles. The van der Waals surface area contributed by atoms with E-state index in [4.69, 9.17) is 0 Å². The van der Waals surface area contributed by atoms with Crippen molar-refractivity contribution in [2.24, 2.45) is 18.9 Å². The summed E-state index contributed by atoms with van der Waals surface area (Å²) in [6, 6.07) is 8.03. The fourth-order valence-electron chi connectivity index (χ4n) is 3.46. The Morgan fingerprint density at radius 3 is 2.80 bits per heavy atom. The molecule has 0 bridgehead atoms. The standard InChI is InChI=1S/C16H20N2O2/c1-18-15-9-5-4-8-12(15)14(17-18)10-13(16(19)20)11-6-2-3-7-11/h4-5,8-9,11,13H,2-3,6-7,10H2,1H3,(H,19,20). The van der Waals surface area contributed by atoms with E-state index in [1.165, 1.54) is 0 Å². The number of fused-ring (bicyclic) bond motifs is 1. The molecule has 106 valence electrons. The Morgan fingerprint density at radius 2 is 2.10 bits per heavy atom. The van der Waals surface area contributed by atoms with Gasteiger partial charge in [0.15, 0.2) is 0 Å². The molecule has 1 fully saturated rings.